The lowest BCUT2D eigenvalue weighted by atomic mass is 10.0. The lowest BCUT2D eigenvalue weighted by Gasteiger charge is -2.09. The van der Waals surface area contributed by atoms with Crippen molar-refractivity contribution in [2.24, 2.45) is 0 Å². The van der Waals surface area contributed by atoms with Crippen molar-refractivity contribution in [3.63, 3.8) is 0 Å². The summed E-state index contributed by atoms with van der Waals surface area (Å²) in [7, 11) is 0. The summed E-state index contributed by atoms with van der Waals surface area (Å²) in [6, 6.07) is 6.84. The molecule has 6 heteroatoms. The van der Waals surface area contributed by atoms with Crippen molar-refractivity contribution >= 4 is 26.8 Å². The molecule has 0 bridgehead atoms. The molecule has 0 atom stereocenters. The van der Waals surface area contributed by atoms with E-state index in [2.05, 4.69) is 25.9 Å². The number of hydrogen-bond acceptors (Lipinski definition) is 2. The summed E-state index contributed by atoms with van der Waals surface area (Å²) in [5, 5.41) is 9.42. The highest BCUT2D eigenvalue weighted by Crippen LogP contribution is 2.33. The van der Waals surface area contributed by atoms with Gasteiger partial charge in [-0.25, -0.2) is 13.8 Å². The maximum atomic E-state index is 14.2. The van der Waals surface area contributed by atoms with E-state index in [0.29, 0.717) is 15.4 Å². The van der Waals surface area contributed by atoms with Crippen LogP contribution in [0.1, 0.15) is 16.8 Å². The first-order valence-corrected chi connectivity index (χ1v) is 6.88. The Hall–Kier alpha value is -2.26. The van der Waals surface area contributed by atoms with Crippen LogP contribution in [0, 0.1) is 23.0 Å². The van der Waals surface area contributed by atoms with Crippen molar-refractivity contribution in [3.8, 4) is 6.07 Å². The fraction of sp³-hybridized carbons (Fsp3) is 0.0667. The molecular weight excluding hydrogens is 340 g/mol. The summed E-state index contributed by atoms with van der Waals surface area (Å²) >= 11 is 3.33. The Labute approximate surface area is 127 Å². The first kappa shape index (κ1) is 13.7. The molecule has 21 heavy (non-hydrogen) atoms. The average molecular weight is 348 g/mol. The molecule has 0 aliphatic heterocycles. The van der Waals surface area contributed by atoms with Crippen LogP contribution in [0.15, 0.2) is 35.1 Å². The van der Waals surface area contributed by atoms with Crippen molar-refractivity contribution < 1.29 is 8.78 Å². The molecule has 3 rings (SSSR count). The van der Waals surface area contributed by atoms with Gasteiger partial charge in [-0.15, -0.1) is 0 Å². The van der Waals surface area contributed by atoms with Gasteiger partial charge in [0.25, 0.3) is 0 Å². The normalized spacial score (nSPS) is 10.8. The largest absolute Gasteiger partial charge is 0.359 e. The molecule has 3 aromatic rings. The van der Waals surface area contributed by atoms with Gasteiger partial charge < -0.3 is 4.98 Å². The van der Waals surface area contributed by atoms with Crippen LogP contribution in [-0.4, -0.2) is 9.97 Å². The van der Waals surface area contributed by atoms with E-state index in [1.807, 2.05) is 6.07 Å². The molecular formula is C15H8BrF2N3. The fourth-order valence-electron chi connectivity index (χ4n) is 2.24. The number of nitriles is 1. The van der Waals surface area contributed by atoms with E-state index < -0.39 is 11.6 Å². The highest BCUT2D eigenvalue weighted by molar-refractivity contribution is 9.10. The van der Waals surface area contributed by atoms with Gasteiger partial charge in [0.1, 0.15) is 11.8 Å². The van der Waals surface area contributed by atoms with Gasteiger partial charge in [-0.2, -0.15) is 5.26 Å². The van der Waals surface area contributed by atoms with E-state index in [1.54, 1.807) is 24.4 Å². The van der Waals surface area contributed by atoms with Crippen LogP contribution in [0.25, 0.3) is 10.9 Å². The maximum Gasteiger partial charge on any atom is 0.183 e. The van der Waals surface area contributed by atoms with Gasteiger partial charge in [-0.3, -0.25) is 0 Å². The second-order valence-corrected chi connectivity index (χ2v) is 5.32. The first-order valence-electron chi connectivity index (χ1n) is 6.09. The zero-order valence-electron chi connectivity index (χ0n) is 10.6. The topological polar surface area (TPSA) is 52.5 Å². The third kappa shape index (κ3) is 2.30. The van der Waals surface area contributed by atoms with Gasteiger partial charge in [0, 0.05) is 34.2 Å². The van der Waals surface area contributed by atoms with Crippen LogP contribution in [0.4, 0.5) is 8.78 Å². The molecule has 0 amide bonds. The minimum atomic E-state index is -0.900. The number of pyridine rings is 1. The predicted molar refractivity (Wildman–Crippen MR) is 77.7 cm³/mol. The number of H-pyrrole nitrogens is 1. The minimum absolute atomic E-state index is 0.135. The van der Waals surface area contributed by atoms with Crippen molar-refractivity contribution in [1.29, 1.82) is 5.26 Å². The molecule has 3 nitrogen and oxygen atoms in total. The summed E-state index contributed by atoms with van der Waals surface area (Å²) in [6.07, 6.45) is 3.20. The Morgan fingerprint density at radius 1 is 1.29 bits per heavy atom. The van der Waals surface area contributed by atoms with E-state index in [1.165, 1.54) is 6.20 Å². The zero-order valence-corrected chi connectivity index (χ0v) is 12.2. The number of fused-ring (bicyclic) bond motifs is 1. The summed E-state index contributed by atoms with van der Waals surface area (Å²) in [6.45, 7) is 0. The lowest BCUT2D eigenvalue weighted by Crippen LogP contribution is -2.00. The van der Waals surface area contributed by atoms with Gasteiger partial charge in [0.15, 0.2) is 11.6 Å². The molecule has 0 unspecified atom stereocenters. The Morgan fingerprint density at radius 3 is 2.86 bits per heavy atom. The molecule has 0 spiro atoms. The Balaban J connectivity index is 2.14. The van der Waals surface area contributed by atoms with E-state index >= 15 is 0 Å². The molecule has 2 heterocycles. The molecule has 2 aromatic heterocycles. The van der Waals surface area contributed by atoms with Crippen molar-refractivity contribution in [1.82, 2.24) is 9.97 Å². The number of aromatic amines is 1. The number of hydrogen-bond donors (Lipinski definition) is 1. The van der Waals surface area contributed by atoms with E-state index in [4.69, 9.17) is 5.26 Å². The van der Waals surface area contributed by atoms with Crippen molar-refractivity contribution in [2.75, 3.05) is 0 Å². The summed E-state index contributed by atoms with van der Waals surface area (Å²) in [4.78, 5) is 6.54. The molecule has 0 saturated heterocycles. The second-order valence-electron chi connectivity index (χ2n) is 4.52. The lowest BCUT2D eigenvalue weighted by molar-refractivity contribution is 0.507. The monoisotopic (exact) mass is 347 g/mol. The first-order chi connectivity index (χ1) is 10.1. The molecule has 0 saturated carbocycles. The quantitative estimate of drug-likeness (QED) is 0.710. The number of rotatable bonds is 2. The molecule has 104 valence electrons. The number of aromatic nitrogens is 2. The molecule has 0 radical (unpaired) electrons. The van der Waals surface area contributed by atoms with Gasteiger partial charge in [0.05, 0.1) is 5.52 Å². The van der Waals surface area contributed by atoms with Crippen molar-refractivity contribution in [2.45, 2.75) is 6.42 Å². The molecule has 0 fully saturated rings. The number of nitrogens with zero attached hydrogens (tertiary/aromatic N) is 2. The van der Waals surface area contributed by atoms with Crippen LogP contribution in [0.2, 0.25) is 0 Å². The molecule has 0 aliphatic rings. The second kappa shape index (κ2) is 5.26. The highest BCUT2D eigenvalue weighted by Gasteiger charge is 2.19. The van der Waals surface area contributed by atoms with Gasteiger partial charge in [-0.05, 0) is 39.7 Å². The van der Waals surface area contributed by atoms with E-state index in [-0.39, 0.29) is 23.2 Å². The molecule has 1 aromatic carbocycles. The number of nitrogens with one attached hydrogen (secondary N) is 1. The number of halogens is 3. The zero-order chi connectivity index (χ0) is 15.0. The Morgan fingerprint density at radius 2 is 2.10 bits per heavy atom. The van der Waals surface area contributed by atoms with Crippen LogP contribution >= 0.6 is 15.9 Å². The van der Waals surface area contributed by atoms with Crippen LogP contribution in [0.5, 0.6) is 0 Å². The average Bonchev–Trinajstić information content (AvgIpc) is 2.99. The number of benzene rings is 1. The van der Waals surface area contributed by atoms with Crippen molar-refractivity contribution in [3.05, 3.63) is 63.5 Å². The third-order valence-corrected chi connectivity index (χ3v) is 4.15. The summed E-state index contributed by atoms with van der Waals surface area (Å²) in [5.74, 6) is -1.80. The molecule has 1 N–H and O–H groups in total. The Bertz CT molecular complexity index is 880. The van der Waals surface area contributed by atoms with Crippen LogP contribution in [0.3, 0.4) is 0 Å². The predicted octanol–water partition coefficient (Wildman–Crippen LogP) is 4.07. The highest BCUT2D eigenvalue weighted by atomic mass is 79.9. The van der Waals surface area contributed by atoms with E-state index in [0.717, 1.165) is 0 Å². The van der Waals surface area contributed by atoms with Gasteiger partial charge in [0.2, 0.25) is 0 Å². The third-order valence-electron chi connectivity index (χ3n) is 3.25. The van der Waals surface area contributed by atoms with Crippen LogP contribution in [-0.2, 0) is 6.42 Å². The minimum Gasteiger partial charge on any atom is -0.359 e. The fourth-order valence-corrected chi connectivity index (χ4v) is 2.88. The van der Waals surface area contributed by atoms with Crippen LogP contribution < -0.4 is 0 Å². The van der Waals surface area contributed by atoms with Gasteiger partial charge >= 0.3 is 0 Å². The standard InChI is InChI=1S/C15H8BrF2N3/c16-12-10-2-4-21-15(10)14(18)13(17)11(12)6-8-1-3-20-9(5-8)7-19/h1-5,21H,6H2. The van der Waals surface area contributed by atoms with E-state index in [9.17, 15) is 8.78 Å². The maximum absolute atomic E-state index is 14.2. The Kier molecular flexibility index (Phi) is 3.43. The summed E-state index contributed by atoms with van der Waals surface area (Å²) in [5.41, 5.74) is 1.29. The molecule has 0 aliphatic carbocycles. The van der Waals surface area contributed by atoms with Gasteiger partial charge in [-0.1, -0.05) is 0 Å². The SMILES string of the molecule is N#Cc1cc(Cc2c(F)c(F)c3[nH]ccc3c2Br)ccn1. The summed E-state index contributed by atoms with van der Waals surface area (Å²) < 4.78 is 28.8. The smallest absolute Gasteiger partial charge is 0.183 e.